The minimum absolute atomic E-state index is 0.563. The summed E-state index contributed by atoms with van der Waals surface area (Å²) in [6.07, 6.45) is 4.58. The Hall–Kier alpha value is -1.06. The molecule has 1 aromatic heterocycles. The van der Waals surface area contributed by atoms with Crippen LogP contribution in [0.4, 0.5) is 0 Å². The minimum Gasteiger partial charge on any atom is -0.312 e. The number of nitrogens with one attached hydrogen (secondary N) is 1. The van der Waals surface area contributed by atoms with E-state index in [0.29, 0.717) is 6.04 Å². The van der Waals surface area contributed by atoms with Crippen molar-refractivity contribution in [1.82, 2.24) is 15.1 Å². The predicted molar refractivity (Wildman–Crippen MR) is 65.8 cm³/mol. The van der Waals surface area contributed by atoms with E-state index in [1.165, 1.54) is 12.8 Å². The van der Waals surface area contributed by atoms with Crippen LogP contribution in [-0.2, 0) is 6.54 Å². The highest BCUT2D eigenvalue weighted by atomic mass is 35.5. The molecular formula is C12H14ClN3. The van der Waals surface area contributed by atoms with Crippen molar-refractivity contribution in [2.75, 3.05) is 6.54 Å². The molecule has 2 heterocycles. The standard InChI is InChI=1S/C12H14ClN3/c13-11-5-1-3-9-7-16(15-12(9)11)8-10-4-2-6-14-10/h1,3,5,7,10,14H,2,4,6,8H2. The summed E-state index contributed by atoms with van der Waals surface area (Å²) in [5.41, 5.74) is 0.905. The molecule has 1 N–H and O–H groups in total. The summed E-state index contributed by atoms with van der Waals surface area (Å²) in [5, 5.41) is 9.84. The van der Waals surface area contributed by atoms with Gasteiger partial charge in [-0.15, -0.1) is 0 Å². The summed E-state index contributed by atoms with van der Waals surface area (Å²) in [6.45, 7) is 2.07. The second kappa shape index (κ2) is 4.07. The first-order valence-electron chi connectivity index (χ1n) is 5.68. The Balaban J connectivity index is 1.90. The summed E-state index contributed by atoms with van der Waals surface area (Å²) in [4.78, 5) is 0. The van der Waals surface area contributed by atoms with Gasteiger partial charge in [-0.25, -0.2) is 0 Å². The first kappa shape index (κ1) is 10.1. The highest BCUT2D eigenvalue weighted by molar-refractivity contribution is 6.35. The van der Waals surface area contributed by atoms with Crippen molar-refractivity contribution in [2.24, 2.45) is 0 Å². The number of rotatable bonds is 2. The maximum absolute atomic E-state index is 6.10. The van der Waals surface area contributed by atoms with E-state index >= 15 is 0 Å². The molecule has 1 fully saturated rings. The monoisotopic (exact) mass is 235 g/mol. The van der Waals surface area contributed by atoms with Gasteiger partial charge in [-0.1, -0.05) is 23.7 Å². The molecule has 0 aliphatic carbocycles. The Morgan fingerprint density at radius 1 is 1.50 bits per heavy atom. The van der Waals surface area contributed by atoms with E-state index in [0.717, 1.165) is 29.0 Å². The molecule has 0 saturated carbocycles. The molecule has 1 unspecified atom stereocenters. The third kappa shape index (κ3) is 1.81. The van der Waals surface area contributed by atoms with Gasteiger partial charge in [0.15, 0.2) is 0 Å². The lowest BCUT2D eigenvalue weighted by Gasteiger charge is -2.09. The fraction of sp³-hybridized carbons (Fsp3) is 0.417. The summed E-state index contributed by atoms with van der Waals surface area (Å²) in [6, 6.07) is 6.46. The van der Waals surface area contributed by atoms with Crippen LogP contribution in [0.3, 0.4) is 0 Å². The number of hydrogen-bond donors (Lipinski definition) is 1. The third-order valence-electron chi connectivity index (χ3n) is 3.10. The van der Waals surface area contributed by atoms with Gasteiger partial charge in [-0.3, -0.25) is 4.68 Å². The molecule has 2 aromatic rings. The van der Waals surface area contributed by atoms with E-state index in [9.17, 15) is 0 Å². The van der Waals surface area contributed by atoms with Crippen molar-refractivity contribution < 1.29 is 0 Å². The van der Waals surface area contributed by atoms with Crippen molar-refractivity contribution in [3.8, 4) is 0 Å². The molecule has 3 nitrogen and oxygen atoms in total. The fourth-order valence-electron chi connectivity index (χ4n) is 2.29. The van der Waals surface area contributed by atoms with Gasteiger partial charge in [0.1, 0.15) is 5.52 Å². The molecule has 3 rings (SSSR count). The highest BCUT2D eigenvalue weighted by Gasteiger charge is 2.15. The summed E-state index contributed by atoms with van der Waals surface area (Å²) in [5.74, 6) is 0. The topological polar surface area (TPSA) is 29.9 Å². The number of fused-ring (bicyclic) bond motifs is 1. The molecule has 1 aliphatic rings. The van der Waals surface area contributed by atoms with Crippen LogP contribution in [0.1, 0.15) is 12.8 Å². The average molecular weight is 236 g/mol. The van der Waals surface area contributed by atoms with Crippen LogP contribution in [0.5, 0.6) is 0 Å². The van der Waals surface area contributed by atoms with Crippen LogP contribution in [0.2, 0.25) is 5.02 Å². The summed E-state index contributed by atoms with van der Waals surface area (Å²) >= 11 is 6.10. The zero-order valence-corrected chi connectivity index (χ0v) is 9.74. The van der Waals surface area contributed by atoms with Crippen LogP contribution in [-0.4, -0.2) is 22.4 Å². The van der Waals surface area contributed by atoms with Crippen LogP contribution in [0, 0.1) is 0 Å². The molecule has 0 spiro atoms. The summed E-state index contributed by atoms with van der Waals surface area (Å²) < 4.78 is 2.00. The third-order valence-corrected chi connectivity index (χ3v) is 3.41. The molecule has 1 saturated heterocycles. The maximum Gasteiger partial charge on any atom is 0.111 e. The highest BCUT2D eigenvalue weighted by Crippen LogP contribution is 2.21. The normalized spacial score (nSPS) is 20.7. The second-order valence-electron chi connectivity index (χ2n) is 4.32. The van der Waals surface area contributed by atoms with Gasteiger partial charge >= 0.3 is 0 Å². The van der Waals surface area contributed by atoms with Gasteiger partial charge in [0.05, 0.1) is 11.6 Å². The van der Waals surface area contributed by atoms with E-state index in [1.54, 1.807) is 0 Å². The van der Waals surface area contributed by atoms with E-state index < -0.39 is 0 Å². The zero-order valence-electron chi connectivity index (χ0n) is 8.99. The van der Waals surface area contributed by atoms with Crippen molar-refractivity contribution in [1.29, 1.82) is 0 Å². The number of benzene rings is 1. The molecule has 1 aliphatic heterocycles. The van der Waals surface area contributed by atoms with E-state index in [-0.39, 0.29) is 0 Å². The first-order chi connectivity index (χ1) is 7.83. The van der Waals surface area contributed by atoms with Crippen molar-refractivity contribution in [3.63, 3.8) is 0 Å². The summed E-state index contributed by atoms with van der Waals surface area (Å²) in [7, 11) is 0. The number of hydrogen-bond acceptors (Lipinski definition) is 2. The van der Waals surface area contributed by atoms with Crippen molar-refractivity contribution in [2.45, 2.75) is 25.4 Å². The van der Waals surface area contributed by atoms with Gasteiger partial charge in [-0.2, -0.15) is 5.10 Å². The molecule has 4 heteroatoms. The van der Waals surface area contributed by atoms with Gasteiger partial charge in [-0.05, 0) is 25.5 Å². The number of halogens is 1. The Kier molecular flexibility index (Phi) is 2.58. The van der Waals surface area contributed by atoms with Crippen LogP contribution in [0.15, 0.2) is 24.4 Å². The largest absolute Gasteiger partial charge is 0.312 e. The Labute approximate surface area is 99.4 Å². The van der Waals surface area contributed by atoms with Gasteiger partial charge in [0, 0.05) is 17.6 Å². The number of aromatic nitrogens is 2. The first-order valence-corrected chi connectivity index (χ1v) is 6.06. The molecule has 16 heavy (non-hydrogen) atoms. The van der Waals surface area contributed by atoms with Gasteiger partial charge in [0.2, 0.25) is 0 Å². The van der Waals surface area contributed by atoms with Crippen LogP contribution < -0.4 is 5.32 Å². The maximum atomic E-state index is 6.10. The SMILES string of the molecule is Clc1cccc2cn(CC3CCCN3)nc12. The molecule has 0 amide bonds. The quantitative estimate of drug-likeness (QED) is 0.867. The van der Waals surface area contributed by atoms with Crippen LogP contribution >= 0.6 is 11.6 Å². The minimum atomic E-state index is 0.563. The van der Waals surface area contributed by atoms with Crippen molar-refractivity contribution >= 4 is 22.5 Å². The number of nitrogens with zero attached hydrogens (tertiary/aromatic N) is 2. The molecule has 0 radical (unpaired) electrons. The molecular weight excluding hydrogens is 222 g/mol. The van der Waals surface area contributed by atoms with Crippen molar-refractivity contribution in [3.05, 3.63) is 29.4 Å². The van der Waals surface area contributed by atoms with E-state index in [4.69, 9.17) is 11.6 Å². The molecule has 1 aromatic carbocycles. The van der Waals surface area contributed by atoms with Crippen LogP contribution in [0.25, 0.3) is 10.9 Å². The Morgan fingerprint density at radius 2 is 2.44 bits per heavy atom. The Bertz CT molecular complexity index is 500. The smallest absolute Gasteiger partial charge is 0.111 e. The lowest BCUT2D eigenvalue weighted by atomic mass is 10.2. The van der Waals surface area contributed by atoms with E-state index in [2.05, 4.69) is 16.6 Å². The van der Waals surface area contributed by atoms with E-state index in [1.807, 2.05) is 22.9 Å². The molecule has 1 atom stereocenters. The predicted octanol–water partition coefficient (Wildman–Crippen LogP) is 2.44. The lowest BCUT2D eigenvalue weighted by molar-refractivity contribution is 0.479. The average Bonchev–Trinajstić information content (AvgIpc) is 2.88. The van der Waals surface area contributed by atoms with Gasteiger partial charge < -0.3 is 5.32 Å². The second-order valence-corrected chi connectivity index (χ2v) is 4.73. The molecule has 0 bridgehead atoms. The fourth-order valence-corrected chi connectivity index (χ4v) is 2.51. The lowest BCUT2D eigenvalue weighted by Crippen LogP contribution is -2.26. The Morgan fingerprint density at radius 3 is 3.19 bits per heavy atom. The molecule has 84 valence electrons. The van der Waals surface area contributed by atoms with Gasteiger partial charge in [0.25, 0.3) is 0 Å². The zero-order chi connectivity index (χ0) is 11.0.